The minimum Gasteiger partial charge on any atom is -0.456 e. The van der Waals surface area contributed by atoms with E-state index >= 15 is 0 Å². The molecular formula is C132H77N5O5. The highest BCUT2D eigenvalue weighted by molar-refractivity contribution is 6.36. The van der Waals surface area contributed by atoms with Gasteiger partial charge in [0, 0.05) is 146 Å². The molecule has 0 saturated heterocycles. The summed E-state index contributed by atoms with van der Waals surface area (Å²) in [5.74, 6) is 0. The van der Waals surface area contributed by atoms with E-state index in [0.717, 1.165) is 77.4 Å². The number of hydrogen-bond donors (Lipinski definition) is 0. The Kier molecular flexibility index (Phi) is 14.1. The number of fused-ring (bicyclic) bond motifs is 52. The fraction of sp³-hybridized carbons (Fsp3) is 0.0455. The summed E-state index contributed by atoms with van der Waals surface area (Å²) < 4.78 is 44.3. The second-order valence-electron chi connectivity index (χ2n) is 40.6. The van der Waals surface area contributed by atoms with Crippen molar-refractivity contribution in [2.75, 3.05) is 0 Å². The van der Waals surface area contributed by atoms with Crippen LogP contribution in [-0.4, -0.2) is 22.2 Å². The zero-order valence-corrected chi connectivity index (χ0v) is 77.3. The van der Waals surface area contributed by atoms with E-state index in [-0.39, 0.29) is 10.8 Å². The number of furan rings is 5. The predicted molar refractivity (Wildman–Crippen MR) is 590 cm³/mol. The van der Waals surface area contributed by atoms with Gasteiger partial charge in [-0.1, -0.05) is 276 Å². The highest BCUT2D eigenvalue weighted by atomic mass is 16.3. The fourth-order valence-electron chi connectivity index (χ4n) is 26.9. The average molecular weight is 1810 g/mol. The lowest BCUT2D eigenvalue weighted by Crippen LogP contribution is -2.14. The van der Waals surface area contributed by atoms with Gasteiger partial charge in [-0.25, -0.2) is 0 Å². The summed E-state index contributed by atoms with van der Waals surface area (Å²) in [5.41, 5.74) is 39.1. The first kappa shape index (κ1) is 75.8. The molecule has 0 radical (unpaired) electrons. The molecule has 35 aromatic rings. The second-order valence-corrected chi connectivity index (χ2v) is 40.6. The maximum atomic E-state index is 6.51. The number of para-hydroxylation sites is 11. The zero-order valence-electron chi connectivity index (χ0n) is 77.3. The lowest BCUT2D eigenvalue weighted by atomic mass is 9.82. The molecule has 660 valence electrons. The molecule has 0 bridgehead atoms. The Bertz CT molecular complexity index is 11800. The van der Waals surface area contributed by atoms with Gasteiger partial charge in [-0.2, -0.15) is 0 Å². The van der Waals surface area contributed by atoms with Crippen molar-refractivity contribution in [3.63, 3.8) is 0 Å². The lowest BCUT2D eigenvalue weighted by molar-refractivity contribution is 0.661. The van der Waals surface area contributed by atoms with Crippen LogP contribution in [-0.2, 0) is 10.8 Å². The standard InChI is InChI=1S/C36H20N2O.2C33H21NO.C30H15NO2/c1-2-9-21(10-3-1)37-29-15-6-4-11-22(29)27-19-28-24-13-8-14-26-34-30(38(35(24)26)32(28)20-31(27)37)18-17-25-23-12-5-7-16-33(23)39-36(25)34;1-33(2)25-12-5-3-8-18(25)23-17-28-24(16-26(23)33)20-10-7-11-22-30-27(34(28)31(20)22)15-14-21-19-9-4-6-13-29(19)35-32(21)30;1-33(2)25-12-5-3-8-18(25)23-16-24-20-10-7-11-22-30-27(34(31(20)22)28(24)17-26(23)33)15-14-21-19-9-4-6-13-29(19)35-32(21)30;1-4-11-26-16(6-1)19-12-13-23-28(30(19)33-26)20-9-5-8-18-21-15-27-22(14-24(21)31(23)29(18)20)17-7-2-3-10-25(17)32-27/h1-20H;2*3-17H,1-2H3;1-15H. The first-order chi connectivity index (χ1) is 70.0. The summed E-state index contributed by atoms with van der Waals surface area (Å²) in [5, 5.41) is 34.3. The van der Waals surface area contributed by atoms with E-state index in [1.54, 1.807) is 0 Å². The van der Waals surface area contributed by atoms with Crippen LogP contribution in [0.5, 0.6) is 0 Å². The molecule has 0 aliphatic heterocycles. The van der Waals surface area contributed by atoms with E-state index in [1.165, 1.54) is 257 Å². The molecule has 142 heavy (non-hydrogen) atoms. The summed E-state index contributed by atoms with van der Waals surface area (Å²) >= 11 is 0. The van der Waals surface area contributed by atoms with Gasteiger partial charge in [-0.15, -0.1) is 0 Å². The Balaban J connectivity index is 0.0000000823. The maximum Gasteiger partial charge on any atom is 0.145 e. The van der Waals surface area contributed by atoms with Crippen molar-refractivity contribution in [3.05, 3.63) is 417 Å². The smallest absolute Gasteiger partial charge is 0.145 e. The maximum absolute atomic E-state index is 6.51. The molecule has 14 aromatic heterocycles. The SMILES string of the molecule is CC1(C)c2ccccc2-c2cc3c(cc21)c1cccc2c4c5oc6ccccc6c5ccc4n3c12.CC1(C)c2ccccc2-c2cc3c4cccc5c6c7oc8ccccc8c7ccc6n(c3cc21)c45.c1ccc(-n2c3ccccc3c3cc4c5cccc6c7c8oc9ccccc9c8ccc7n(c4cc32)c56)cc1.c1ccc2c(c1)oc1cc3c4cccc5c6c7oc8ccccc8c7ccc6n(c3cc12)c45. The van der Waals surface area contributed by atoms with Crippen molar-refractivity contribution in [2.24, 2.45) is 0 Å². The largest absolute Gasteiger partial charge is 0.456 e. The summed E-state index contributed by atoms with van der Waals surface area (Å²) in [6.45, 7) is 9.42. The van der Waals surface area contributed by atoms with Crippen molar-refractivity contribution < 1.29 is 22.1 Å². The van der Waals surface area contributed by atoms with Gasteiger partial charge >= 0.3 is 0 Å². The molecule has 0 atom stereocenters. The molecule has 0 amide bonds. The van der Waals surface area contributed by atoms with Crippen molar-refractivity contribution in [1.82, 2.24) is 22.2 Å². The average Bonchev–Trinajstić information content (AvgIpc) is 1.52. The van der Waals surface area contributed by atoms with Crippen LogP contribution in [0.15, 0.2) is 416 Å². The van der Waals surface area contributed by atoms with Crippen LogP contribution in [0.25, 0.3) is 312 Å². The Morgan fingerprint density at radius 3 is 0.930 bits per heavy atom. The van der Waals surface area contributed by atoms with Crippen LogP contribution in [0, 0.1) is 0 Å². The molecule has 0 N–H and O–H groups in total. The third-order valence-electron chi connectivity index (χ3n) is 33.0. The molecule has 0 spiro atoms. The molecule has 2 aliphatic carbocycles. The minimum atomic E-state index is -0.0240. The van der Waals surface area contributed by atoms with Crippen molar-refractivity contribution >= 4 is 284 Å². The van der Waals surface area contributed by atoms with Crippen LogP contribution in [0.2, 0.25) is 0 Å². The Hall–Kier alpha value is -18.4. The summed E-state index contributed by atoms with van der Waals surface area (Å²) in [6, 6.07) is 143. The van der Waals surface area contributed by atoms with Crippen LogP contribution in [0.1, 0.15) is 49.9 Å². The second kappa shape index (κ2) is 26.5. The first-order valence-corrected chi connectivity index (χ1v) is 49.2. The monoisotopic (exact) mass is 1810 g/mol. The van der Waals surface area contributed by atoms with Gasteiger partial charge < -0.3 is 44.3 Å². The van der Waals surface area contributed by atoms with E-state index in [9.17, 15) is 0 Å². The summed E-state index contributed by atoms with van der Waals surface area (Å²) in [4.78, 5) is 0. The molecule has 37 rings (SSSR count). The third-order valence-corrected chi connectivity index (χ3v) is 33.0. The number of benzene rings is 21. The first-order valence-electron chi connectivity index (χ1n) is 49.2. The van der Waals surface area contributed by atoms with E-state index in [2.05, 4.69) is 402 Å². The molecule has 14 heterocycles. The topological polar surface area (TPSA) is 88.3 Å². The van der Waals surface area contributed by atoms with Crippen LogP contribution >= 0.6 is 0 Å². The Labute approximate surface area is 805 Å². The normalized spacial score (nSPS) is 13.7. The van der Waals surface area contributed by atoms with Gasteiger partial charge in [-0.3, -0.25) is 0 Å². The highest BCUT2D eigenvalue weighted by Crippen LogP contribution is 2.57. The van der Waals surface area contributed by atoms with Gasteiger partial charge in [0.15, 0.2) is 0 Å². The zero-order chi connectivity index (χ0) is 92.6. The minimum absolute atomic E-state index is 0.00534. The molecule has 10 nitrogen and oxygen atoms in total. The van der Waals surface area contributed by atoms with Crippen molar-refractivity contribution in [3.8, 4) is 27.9 Å². The molecule has 2 aliphatic rings. The fourth-order valence-corrected chi connectivity index (χ4v) is 26.9. The Morgan fingerprint density at radius 2 is 0.479 bits per heavy atom. The van der Waals surface area contributed by atoms with Crippen LogP contribution in [0.4, 0.5) is 0 Å². The summed E-state index contributed by atoms with van der Waals surface area (Å²) in [7, 11) is 0. The van der Waals surface area contributed by atoms with E-state index in [1.807, 2.05) is 42.5 Å². The quantitative estimate of drug-likeness (QED) is 0.163. The predicted octanol–water partition coefficient (Wildman–Crippen LogP) is 36.6. The van der Waals surface area contributed by atoms with Gasteiger partial charge in [0.2, 0.25) is 0 Å². The lowest BCUT2D eigenvalue weighted by Gasteiger charge is -2.21. The van der Waals surface area contributed by atoms with Crippen LogP contribution < -0.4 is 0 Å². The number of hydrogen-bond acceptors (Lipinski definition) is 5. The Morgan fingerprint density at radius 1 is 0.162 bits per heavy atom. The van der Waals surface area contributed by atoms with Gasteiger partial charge in [0.1, 0.15) is 55.8 Å². The van der Waals surface area contributed by atoms with E-state index in [4.69, 9.17) is 22.1 Å². The molecule has 0 unspecified atom stereocenters. The molecule has 0 fully saturated rings. The van der Waals surface area contributed by atoms with E-state index < -0.39 is 0 Å². The molecule has 21 aromatic carbocycles. The van der Waals surface area contributed by atoms with Crippen molar-refractivity contribution in [2.45, 2.75) is 38.5 Å². The molecule has 10 heteroatoms. The summed E-state index contributed by atoms with van der Waals surface area (Å²) in [6.07, 6.45) is 0. The number of nitrogens with zero attached hydrogens (tertiary/aromatic N) is 5. The molecular weight excluding hydrogens is 1740 g/mol. The third kappa shape index (κ3) is 9.41. The van der Waals surface area contributed by atoms with Crippen LogP contribution in [0.3, 0.4) is 0 Å². The van der Waals surface area contributed by atoms with Gasteiger partial charge in [-0.05, 0) is 190 Å². The highest BCUT2D eigenvalue weighted by Gasteiger charge is 2.40. The van der Waals surface area contributed by atoms with Gasteiger partial charge in [0.05, 0.1) is 98.8 Å². The van der Waals surface area contributed by atoms with Crippen molar-refractivity contribution in [1.29, 1.82) is 0 Å². The number of rotatable bonds is 1. The number of aromatic nitrogens is 5. The molecule has 0 saturated carbocycles. The van der Waals surface area contributed by atoms with E-state index in [0.29, 0.717) is 0 Å². The van der Waals surface area contributed by atoms with Gasteiger partial charge in [0.25, 0.3) is 0 Å².